The molecule has 1 heterocycles. The number of rotatable bonds is 4. The largest absolute Gasteiger partial charge is 0.366 e. The lowest BCUT2D eigenvalue weighted by Gasteiger charge is -1.94. The minimum atomic E-state index is -0.435. The molecule has 0 aliphatic rings. The number of carbonyl (C=O) groups is 1. The Morgan fingerprint density at radius 1 is 1.56 bits per heavy atom. The Hall–Kier alpha value is -0.940. The smallest absolute Gasteiger partial charge is 0.243 e. The molecule has 2 N–H and O–H groups in total. The summed E-state index contributed by atoms with van der Waals surface area (Å²) in [6.45, 7) is 6.99. The molecule has 0 aliphatic carbocycles. The van der Waals surface area contributed by atoms with Gasteiger partial charge in [-0.25, -0.2) is 4.98 Å². The third-order valence-electron chi connectivity index (χ3n) is 1.32. The summed E-state index contributed by atoms with van der Waals surface area (Å²) in [6.07, 6.45) is 1.82. The van der Waals surface area contributed by atoms with Gasteiger partial charge in [-0.15, -0.1) is 0 Å². The van der Waals surface area contributed by atoms with Crippen molar-refractivity contribution in [2.75, 3.05) is 5.75 Å². The minimum absolute atomic E-state index is 0.398. The van der Waals surface area contributed by atoms with Crippen molar-refractivity contribution in [1.82, 2.24) is 4.98 Å². The Morgan fingerprint density at radius 3 is 2.56 bits per heavy atom. The lowest BCUT2D eigenvalue weighted by atomic mass is 10.3. The number of aromatic nitrogens is 1. The molecule has 0 saturated carbocycles. The molecule has 1 aromatic heterocycles. The highest BCUT2D eigenvalue weighted by atomic mass is 33.1. The first-order chi connectivity index (χ1) is 7.57. The molecule has 0 atom stereocenters. The van der Waals surface area contributed by atoms with E-state index in [1.165, 1.54) is 0 Å². The van der Waals surface area contributed by atoms with Crippen LogP contribution < -0.4 is 5.73 Å². The highest BCUT2D eigenvalue weighted by Crippen LogP contribution is 2.27. The molecule has 0 saturated heterocycles. The minimum Gasteiger partial charge on any atom is -0.366 e. The van der Waals surface area contributed by atoms with Gasteiger partial charge in [-0.05, 0) is 29.9 Å². The van der Waals surface area contributed by atoms with E-state index in [0.717, 1.165) is 10.8 Å². The van der Waals surface area contributed by atoms with E-state index < -0.39 is 5.91 Å². The van der Waals surface area contributed by atoms with Crippen LogP contribution in [0.4, 0.5) is 0 Å². The van der Waals surface area contributed by atoms with Crippen LogP contribution in [0.3, 0.4) is 0 Å². The Balaban J connectivity index is 0.000000325. The van der Waals surface area contributed by atoms with Crippen LogP contribution in [-0.2, 0) is 4.79 Å². The second-order valence-corrected chi connectivity index (χ2v) is 5.41. The van der Waals surface area contributed by atoms with Gasteiger partial charge < -0.3 is 5.73 Å². The maximum absolute atomic E-state index is 9.82. The fourth-order valence-corrected chi connectivity index (χ4v) is 2.00. The number of pyridine rings is 1. The summed E-state index contributed by atoms with van der Waals surface area (Å²) < 4.78 is 0. The molecular weight excluding hydrogens is 240 g/mol. The van der Waals surface area contributed by atoms with Gasteiger partial charge in [-0.3, -0.25) is 4.79 Å². The second-order valence-electron chi connectivity index (χ2n) is 2.80. The number of carbonyl (C=O) groups excluding carboxylic acids is 1. The predicted octanol–water partition coefficient (Wildman–Crippen LogP) is 2.89. The topological polar surface area (TPSA) is 56.0 Å². The van der Waals surface area contributed by atoms with Crippen LogP contribution in [0.1, 0.15) is 13.8 Å². The van der Waals surface area contributed by atoms with Gasteiger partial charge >= 0.3 is 0 Å². The maximum Gasteiger partial charge on any atom is 0.243 e. The number of primary amides is 1. The number of nitrogens with two attached hydrogens (primary N) is 1. The van der Waals surface area contributed by atoms with E-state index in [4.69, 9.17) is 5.73 Å². The Kier molecular flexibility index (Phi) is 8.75. The molecule has 0 aliphatic heterocycles. The number of hydrogen-bond donors (Lipinski definition) is 1. The van der Waals surface area contributed by atoms with Crippen molar-refractivity contribution >= 4 is 27.5 Å². The van der Waals surface area contributed by atoms with Crippen molar-refractivity contribution < 1.29 is 4.79 Å². The summed E-state index contributed by atoms with van der Waals surface area (Å²) in [4.78, 5) is 14.0. The van der Waals surface area contributed by atoms with Crippen molar-refractivity contribution in [3.8, 4) is 0 Å². The molecule has 0 fully saturated rings. The van der Waals surface area contributed by atoms with Crippen molar-refractivity contribution in [2.24, 2.45) is 5.73 Å². The summed E-state index contributed by atoms with van der Waals surface area (Å²) in [5, 5.41) is 1.09. The molecule has 1 aromatic rings. The number of amides is 1. The average molecular weight is 256 g/mol. The van der Waals surface area contributed by atoms with E-state index in [1.807, 2.05) is 35.2 Å². The molecule has 0 bridgehead atoms. The van der Waals surface area contributed by atoms with Crippen LogP contribution in [-0.4, -0.2) is 16.6 Å². The zero-order chi connectivity index (χ0) is 12.4. The normalized spacial score (nSPS) is 8.88. The quantitative estimate of drug-likeness (QED) is 0.665. The molecule has 0 aromatic carbocycles. The van der Waals surface area contributed by atoms with Crippen molar-refractivity contribution in [2.45, 2.75) is 18.9 Å². The van der Waals surface area contributed by atoms with Crippen molar-refractivity contribution in [3.63, 3.8) is 0 Å². The van der Waals surface area contributed by atoms with E-state index in [-0.39, 0.29) is 0 Å². The third kappa shape index (κ3) is 8.38. The average Bonchev–Trinajstić information content (AvgIpc) is 2.28. The van der Waals surface area contributed by atoms with Gasteiger partial charge in [0.1, 0.15) is 5.03 Å². The molecule has 88 valence electrons. The fourth-order valence-electron chi connectivity index (χ4n) is 0.516. The molecule has 0 spiro atoms. The molecule has 0 unspecified atom stereocenters. The van der Waals surface area contributed by atoms with E-state index in [0.29, 0.717) is 5.57 Å². The molecule has 1 amide bonds. The van der Waals surface area contributed by atoms with Gasteiger partial charge in [-0.2, -0.15) is 0 Å². The van der Waals surface area contributed by atoms with Gasteiger partial charge in [0, 0.05) is 17.5 Å². The summed E-state index contributed by atoms with van der Waals surface area (Å²) in [6, 6.07) is 5.96. The standard InChI is InChI=1S/C7H9NS2.C4H7NO/c1-2-9-10-7-5-3-4-6-8-7;1-3(2)4(5)6/h3-6H,2H2,1H3;1H2,2H3,(H2,5,6). The highest BCUT2D eigenvalue weighted by molar-refractivity contribution is 8.76. The SMILES string of the molecule is C=C(C)C(N)=O.CCSSc1ccccn1. The first-order valence-electron chi connectivity index (χ1n) is 4.73. The van der Waals surface area contributed by atoms with Gasteiger partial charge in [0.25, 0.3) is 0 Å². The van der Waals surface area contributed by atoms with Crippen LogP contribution in [0.2, 0.25) is 0 Å². The highest BCUT2D eigenvalue weighted by Gasteiger charge is 1.90. The Morgan fingerprint density at radius 2 is 2.19 bits per heavy atom. The summed E-state index contributed by atoms with van der Waals surface area (Å²) in [5.41, 5.74) is 5.09. The predicted molar refractivity (Wildman–Crippen MR) is 72.2 cm³/mol. The Bertz CT molecular complexity index is 316. The van der Waals surface area contributed by atoms with Crippen molar-refractivity contribution in [1.29, 1.82) is 0 Å². The molecule has 0 radical (unpaired) electrons. The lowest BCUT2D eigenvalue weighted by Crippen LogP contribution is -2.10. The molecular formula is C11H16N2OS2. The van der Waals surface area contributed by atoms with Crippen LogP contribution in [0.5, 0.6) is 0 Å². The maximum atomic E-state index is 9.82. The molecule has 1 rings (SSSR count). The van der Waals surface area contributed by atoms with E-state index in [1.54, 1.807) is 17.7 Å². The van der Waals surface area contributed by atoms with E-state index >= 15 is 0 Å². The Labute approximate surface area is 104 Å². The molecule has 16 heavy (non-hydrogen) atoms. The molecule has 3 nitrogen and oxygen atoms in total. The van der Waals surface area contributed by atoms with Gasteiger partial charge in [-0.1, -0.05) is 30.4 Å². The zero-order valence-electron chi connectivity index (χ0n) is 9.47. The van der Waals surface area contributed by atoms with Crippen LogP contribution in [0, 0.1) is 0 Å². The van der Waals surface area contributed by atoms with E-state index in [2.05, 4.69) is 18.5 Å². The molecule has 5 heteroatoms. The van der Waals surface area contributed by atoms with Crippen LogP contribution >= 0.6 is 21.6 Å². The lowest BCUT2D eigenvalue weighted by molar-refractivity contribution is -0.114. The number of nitrogens with zero attached hydrogens (tertiary/aromatic N) is 1. The second kappa shape index (κ2) is 9.30. The summed E-state index contributed by atoms with van der Waals surface area (Å²) >= 11 is 0. The number of hydrogen-bond acceptors (Lipinski definition) is 4. The van der Waals surface area contributed by atoms with Gasteiger partial charge in [0.05, 0.1) is 0 Å². The first-order valence-corrected chi connectivity index (χ1v) is 7.05. The summed E-state index contributed by atoms with van der Waals surface area (Å²) in [7, 11) is 3.54. The third-order valence-corrected chi connectivity index (χ3v) is 3.66. The van der Waals surface area contributed by atoms with Crippen LogP contribution in [0.25, 0.3) is 0 Å². The zero-order valence-corrected chi connectivity index (χ0v) is 11.1. The van der Waals surface area contributed by atoms with Crippen molar-refractivity contribution in [3.05, 3.63) is 36.5 Å². The van der Waals surface area contributed by atoms with E-state index in [9.17, 15) is 4.79 Å². The fraction of sp³-hybridized carbons (Fsp3) is 0.273. The first kappa shape index (κ1) is 15.1. The van der Waals surface area contributed by atoms with Gasteiger partial charge in [0.2, 0.25) is 5.91 Å². The van der Waals surface area contributed by atoms with Gasteiger partial charge in [0.15, 0.2) is 0 Å². The summed E-state index contributed by atoms with van der Waals surface area (Å²) in [5.74, 6) is 0.691. The monoisotopic (exact) mass is 256 g/mol. The van der Waals surface area contributed by atoms with Crippen LogP contribution in [0.15, 0.2) is 41.6 Å².